The number of hydrogen-bond acceptors (Lipinski definition) is 0. The summed E-state index contributed by atoms with van der Waals surface area (Å²) in [6.07, 6.45) is -15.3. The van der Waals surface area contributed by atoms with Crippen molar-refractivity contribution in [2.75, 3.05) is 0 Å². The molecule has 2 aromatic carbocycles. The van der Waals surface area contributed by atoms with Crippen molar-refractivity contribution in [2.24, 2.45) is 0 Å². The van der Waals surface area contributed by atoms with Crippen molar-refractivity contribution < 1.29 is 39.5 Å². The maximum atomic E-state index is 13.1. The first kappa shape index (κ1) is 18.2. The van der Waals surface area contributed by atoms with Gasteiger partial charge in [-0.15, -0.1) is 0 Å². The lowest BCUT2D eigenvalue weighted by Gasteiger charge is -2.19. The van der Waals surface area contributed by atoms with Crippen LogP contribution in [0.3, 0.4) is 0 Å². The number of hydrogen-bond donors (Lipinski definition) is 0. The van der Waals surface area contributed by atoms with E-state index in [9.17, 15) is 39.5 Å². The van der Waals surface area contributed by atoms with Crippen LogP contribution in [0.1, 0.15) is 16.7 Å². The second-order valence-corrected chi connectivity index (χ2v) is 4.80. The summed E-state index contributed by atoms with van der Waals surface area (Å²) >= 11 is 0. The molecule has 0 spiro atoms. The Morgan fingerprint density at radius 3 is 1.50 bits per heavy atom. The summed E-state index contributed by atoms with van der Waals surface area (Å²) in [4.78, 5) is 0. The van der Waals surface area contributed by atoms with Gasteiger partial charge in [0.25, 0.3) is 0 Å². The molecular weight excluding hydrogens is 351 g/mol. The topological polar surface area (TPSA) is 0 Å². The van der Waals surface area contributed by atoms with Gasteiger partial charge in [-0.25, -0.2) is 0 Å². The van der Waals surface area contributed by atoms with Gasteiger partial charge in [0.15, 0.2) is 0 Å². The molecule has 9 heteroatoms. The van der Waals surface area contributed by atoms with Crippen LogP contribution in [0.15, 0.2) is 42.5 Å². The van der Waals surface area contributed by atoms with E-state index in [4.69, 9.17) is 0 Å². The number of rotatable bonds is 1. The summed E-state index contributed by atoms with van der Waals surface area (Å²) in [6.45, 7) is 0. The monoisotopic (exact) mass is 358 g/mol. The average Bonchev–Trinajstić information content (AvgIpc) is 2.44. The zero-order valence-corrected chi connectivity index (χ0v) is 11.4. The van der Waals surface area contributed by atoms with E-state index in [1.807, 2.05) is 0 Å². The van der Waals surface area contributed by atoms with E-state index in [0.29, 0.717) is 18.2 Å². The predicted octanol–water partition coefficient (Wildman–Crippen LogP) is 6.41. The van der Waals surface area contributed by atoms with Gasteiger partial charge in [0.1, 0.15) is 0 Å². The molecule has 0 unspecified atom stereocenters. The Kier molecular flexibility index (Phi) is 4.32. The molecule has 0 aliphatic carbocycles. The van der Waals surface area contributed by atoms with Gasteiger partial charge in [0.2, 0.25) is 0 Å². The minimum atomic E-state index is -5.25. The molecule has 0 aliphatic rings. The van der Waals surface area contributed by atoms with E-state index >= 15 is 0 Å². The Bertz CT molecular complexity index is 736. The minimum absolute atomic E-state index is 0.192. The molecule has 0 fully saturated rings. The Hall–Kier alpha value is -2.19. The van der Waals surface area contributed by atoms with Gasteiger partial charge >= 0.3 is 18.5 Å². The first-order chi connectivity index (χ1) is 10.8. The first-order valence-corrected chi connectivity index (χ1v) is 6.27. The highest BCUT2D eigenvalue weighted by Crippen LogP contribution is 2.44. The second kappa shape index (κ2) is 5.71. The van der Waals surface area contributed by atoms with Crippen LogP contribution in [0.2, 0.25) is 0 Å². The summed E-state index contributed by atoms with van der Waals surface area (Å²) in [5.41, 5.74) is -6.55. The van der Waals surface area contributed by atoms with Crippen LogP contribution < -0.4 is 0 Å². The Balaban J connectivity index is 2.77. The molecule has 0 saturated carbocycles. The van der Waals surface area contributed by atoms with Crippen molar-refractivity contribution in [2.45, 2.75) is 18.5 Å². The highest BCUT2D eigenvalue weighted by molar-refractivity contribution is 5.72. The van der Waals surface area contributed by atoms with E-state index in [-0.39, 0.29) is 6.07 Å². The van der Waals surface area contributed by atoms with Gasteiger partial charge in [0, 0.05) is 0 Å². The molecule has 0 aliphatic heterocycles. The fraction of sp³-hybridized carbons (Fsp3) is 0.200. The smallest absolute Gasteiger partial charge is 0.166 e. The molecule has 0 aromatic heterocycles. The quantitative estimate of drug-likeness (QED) is 0.517. The lowest BCUT2D eigenvalue weighted by molar-refractivity contribution is -0.143. The molecule has 0 amide bonds. The van der Waals surface area contributed by atoms with Crippen molar-refractivity contribution in [1.29, 1.82) is 0 Å². The maximum absolute atomic E-state index is 13.1. The van der Waals surface area contributed by atoms with E-state index in [0.717, 1.165) is 18.2 Å². The summed E-state index contributed by atoms with van der Waals surface area (Å²) in [5.74, 6) is 0. The normalized spacial score (nSPS) is 13.2. The molecular formula is C15H7F9. The molecule has 0 bridgehead atoms. The van der Waals surface area contributed by atoms with Crippen molar-refractivity contribution >= 4 is 0 Å². The highest BCUT2D eigenvalue weighted by atomic mass is 19.4. The van der Waals surface area contributed by atoms with Crippen molar-refractivity contribution in [3.05, 3.63) is 59.2 Å². The predicted molar refractivity (Wildman–Crippen MR) is 66.9 cm³/mol. The molecule has 2 aromatic rings. The molecule has 2 rings (SSSR count). The van der Waals surface area contributed by atoms with Gasteiger partial charge in [-0.05, 0) is 29.3 Å². The summed E-state index contributed by atoms with van der Waals surface area (Å²) in [5, 5.41) is 0. The summed E-state index contributed by atoms with van der Waals surface area (Å²) < 4.78 is 116. The van der Waals surface area contributed by atoms with E-state index in [2.05, 4.69) is 0 Å². The standard InChI is InChI=1S/C15H7F9/c16-13(17,18)8-5-6-10(12(7-8)15(22,23)24)9-3-1-2-4-11(9)14(19,20)21/h1-7H. The molecule has 0 saturated heterocycles. The van der Waals surface area contributed by atoms with Gasteiger partial charge < -0.3 is 0 Å². The largest absolute Gasteiger partial charge is 0.417 e. The van der Waals surface area contributed by atoms with Gasteiger partial charge in [-0.1, -0.05) is 24.3 Å². The number of benzene rings is 2. The number of halogens is 9. The van der Waals surface area contributed by atoms with Crippen LogP contribution in [0, 0.1) is 0 Å². The fourth-order valence-corrected chi connectivity index (χ4v) is 2.16. The van der Waals surface area contributed by atoms with Crippen molar-refractivity contribution in [3.8, 4) is 11.1 Å². The Labute approximate surface area is 129 Å². The SMILES string of the molecule is FC(F)(F)c1ccc(-c2ccccc2C(F)(F)F)c(C(F)(F)F)c1. The van der Waals surface area contributed by atoms with Gasteiger partial charge in [-0.2, -0.15) is 39.5 Å². The first-order valence-electron chi connectivity index (χ1n) is 6.27. The number of alkyl halides is 9. The lowest BCUT2D eigenvalue weighted by Crippen LogP contribution is -2.14. The van der Waals surface area contributed by atoms with Gasteiger partial charge in [-0.3, -0.25) is 0 Å². The molecule has 0 atom stereocenters. The van der Waals surface area contributed by atoms with Crippen LogP contribution in [0.4, 0.5) is 39.5 Å². The van der Waals surface area contributed by atoms with Crippen LogP contribution in [0.25, 0.3) is 11.1 Å². The average molecular weight is 358 g/mol. The summed E-state index contributed by atoms with van der Waals surface area (Å²) in [7, 11) is 0. The third-order valence-corrected chi connectivity index (χ3v) is 3.17. The van der Waals surface area contributed by atoms with Crippen LogP contribution in [-0.4, -0.2) is 0 Å². The molecule has 24 heavy (non-hydrogen) atoms. The zero-order chi connectivity index (χ0) is 18.3. The van der Waals surface area contributed by atoms with E-state index in [1.165, 1.54) is 0 Å². The minimum Gasteiger partial charge on any atom is -0.166 e. The van der Waals surface area contributed by atoms with Crippen LogP contribution >= 0.6 is 0 Å². The fourth-order valence-electron chi connectivity index (χ4n) is 2.16. The van der Waals surface area contributed by atoms with Crippen molar-refractivity contribution in [1.82, 2.24) is 0 Å². The molecule has 0 nitrogen and oxygen atoms in total. The molecule has 0 radical (unpaired) electrons. The highest BCUT2D eigenvalue weighted by Gasteiger charge is 2.40. The molecule has 0 heterocycles. The lowest BCUT2D eigenvalue weighted by atomic mass is 9.93. The van der Waals surface area contributed by atoms with Crippen LogP contribution in [-0.2, 0) is 18.5 Å². The summed E-state index contributed by atoms with van der Waals surface area (Å²) in [6, 6.07) is 3.91. The zero-order valence-electron chi connectivity index (χ0n) is 11.4. The second-order valence-electron chi connectivity index (χ2n) is 4.80. The Morgan fingerprint density at radius 1 is 0.500 bits per heavy atom. The van der Waals surface area contributed by atoms with Gasteiger partial charge in [0.05, 0.1) is 16.7 Å². The third-order valence-electron chi connectivity index (χ3n) is 3.17. The van der Waals surface area contributed by atoms with Crippen LogP contribution in [0.5, 0.6) is 0 Å². The van der Waals surface area contributed by atoms with E-state index in [1.54, 1.807) is 0 Å². The third kappa shape index (κ3) is 3.65. The molecule has 130 valence electrons. The van der Waals surface area contributed by atoms with E-state index < -0.39 is 46.3 Å². The molecule has 0 N–H and O–H groups in total. The Morgan fingerprint density at radius 2 is 1.00 bits per heavy atom. The maximum Gasteiger partial charge on any atom is 0.417 e. The van der Waals surface area contributed by atoms with Crippen molar-refractivity contribution in [3.63, 3.8) is 0 Å².